The summed E-state index contributed by atoms with van der Waals surface area (Å²) in [6, 6.07) is 10.1. The van der Waals surface area contributed by atoms with E-state index in [0.717, 1.165) is 5.56 Å². The van der Waals surface area contributed by atoms with Gasteiger partial charge in [-0.15, -0.1) is 0 Å². The van der Waals surface area contributed by atoms with Crippen molar-refractivity contribution >= 4 is 35.1 Å². The van der Waals surface area contributed by atoms with Crippen LogP contribution in [0.1, 0.15) is 41.8 Å². The van der Waals surface area contributed by atoms with Crippen molar-refractivity contribution in [2.45, 2.75) is 50.4 Å². The number of phenolic OH excluding ortho intramolecular Hbond substituents is 1. The Balaban J connectivity index is 1.57. The molecule has 0 radical (unpaired) electrons. The molecule has 2 saturated carbocycles. The highest BCUT2D eigenvalue weighted by atomic mass is 16.5. The molecule has 2 aromatic rings. The minimum absolute atomic E-state index is 0.188. The highest BCUT2D eigenvalue weighted by Crippen LogP contribution is 2.57. The third kappa shape index (κ3) is 4.97. The van der Waals surface area contributed by atoms with E-state index < -0.39 is 81.7 Å². The van der Waals surface area contributed by atoms with Gasteiger partial charge in [0.05, 0.1) is 29.8 Å². The fourth-order valence-electron chi connectivity index (χ4n) is 7.75. The zero-order valence-corrected chi connectivity index (χ0v) is 27.0. The third-order valence-corrected chi connectivity index (χ3v) is 9.72. The van der Waals surface area contributed by atoms with Gasteiger partial charge in [0, 0.05) is 12.1 Å². The van der Waals surface area contributed by atoms with E-state index >= 15 is 0 Å². The number of primary amides is 1. The van der Waals surface area contributed by atoms with Gasteiger partial charge in [0.15, 0.2) is 34.5 Å². The Labute approximate surface area is 276 Å². The first-order valence-corrected chi connectivity index (χ1v) is 15.4. The summed E-state index contributed by atoms with van der Waals surface area (Å²) in [6.45, 7) is 4.32. The average molecular weight is 659 g/mol. The number of fused-ring (bicyclic) bond motifs is 3. The number of ketones is 4. The maximum Gasteiger partial charge on any atom is 0.407 e. The molecule has 0 aromatic heterocycles. The Morgan fingerprint density at radius 3 is 2.29 bits per heavy atom. The van der Waals surface area contributed by atoms with E-state index in [1.807, 2.05) is 13.8 Å². The predicted octanol–water partition coefficient (Wildman–Crippen LogP) is 0.358. The van der Waals surface area contributed by atoms with Crippen LogP contribution in [0.3, 0.4) is 0 Å². The molecule has 3 aliphatic rings. The molecule has 2 aromatic carbocycles. The first-order valence-electron chi connectivity index (χ1n) is 15.4. The van der Waals surface area contributed by atoms with Crippen LogP contribution in [-0.4, -0.2) is 83.0 Å². The Bertz CT molecular complexity index is 1800. The topological polar surface area (TPSA) is 249 Å². The van der Waals surface area contributed by atoms with Crippen LogP contribution in [0.25, 0.3) is 11.1 Å². The molecule has 14 nitrogen and oxygen atoms in total. The molecular weight excluding hydrogens is 620 g/mol. The largest absolute Gasteiger partial charge is 0.507 e. The van der Waals surface area contributed by atoms with Gasteiger partial charge >= 0.3 is 6.09 Å². The monoisotopic (exact) mass is 658 g/mol. The van der Waals surface area contributed by atoms with Crippen LogP contribution in [0.2, 0.25) is 0 Å². The lowest BCUT2D eigenvalue weighted by molar-refractivity contribution is -0.166. The van der Waals surface area contributed by atoms with Crippen LogP contribution in [-0.2, 0) is 36.9 Å². The van der Waals surface area contributed by atoms with Crippen LogP contribution in [0.5, 0.6) is 5.75 Å². The lowest BCUT2D eigenvalue weighted by Crippen LogP contribution is -2.85. The standard InChI is InChI=1S/C34H38N6O8/c1-16(2)13-48-31(47)39-12-17-5-7-18(8-6-17)19-9-10-21(41)22-20(19)11-32(37)14-34(38)27(40(3)4)26(43)23(30(36)46)28(44)33(34,15-35)29(45)24(32)25(22)42/h5-10,16,23-24,27,41H,11-14,37-38H2,1-4H3,(H2,36,46)(H,39,47)/t23?,24?,27-,32-,33+,34-/m1/s1. The number of alkyl carbamates (subject to hydrolysis) is 1. The normalized spacial score (nSPS) is 29.5. The molecule has 48 heavy (non-hydrogen) atoms. The van der Waals surface area contributed by atoms with Gasteiger partial charge < -0.3 is 32.4 Å². The molecular formula is C34H38N6O8. The number of likely N-dealkylation sites (N-methyl/N-ethyl adjacent to an activating group) is 1. The average Bonchev–Trinajstić information content (AvgIpc) is 2.98. The Kier molecular flexibility index (Phi) is 8.54. The molecule has 3 aliphatic carbocycles. The molecule has 0 aliphatic heterocycles. The van der Waals surface area contributed by atoms with Gasteiger partial charge in [-0.25, -0.2) is 4.79 Å². The van der Waals surface area contributed by atoms with Crippen molar-refractivity contribution in [2.75, 3.05) is 20.7 Å². The molecule has 0 bridgehead atoms. The Morgan fingerprint density at radius 1 is 1.08 bits per heavy atom. The molecule has 14 heteroatoms. The number of amides is 2. The summed E-state index contributed by atoms with van der Waals surface area (Å²) in [5.74, 6) is -10.0. The van der Waals surface area contributed by atoms with Crippen molar-refractivity contribution in [3.05, 3.63) is 53.1 Å². The highest BCUT2D eigenvalue weighted by Gasteiger charge is 2.78. The van der Waals surface area contributed by atoms with E-state index in [2.05, 4.69) is 5.32 Å². The van der Waals surface area contributed by atoms with Crippen LogP contribution in [0.4, 0.5) is 4.79 Å². The van der Waals surface area contributed by atoms with Crippen molar-refractivity contribution in [3.63, 3.8) is 0 Å². The molecule has 8 N–H and O–H groups in total. The number of Topliss-reactive ketones (excluding diaryl/α,β-unsaturated/α-hetero) is 4. The summed E-state index contributed by atoms with van der Waals surface area (Å²) < 4.78 is 5.13. The van der Waals surface area contributed by atoms with E-state index in [-0.39, 0.29) is 31.1 Å². The molecule has 0 spiro atoms. The molecule has 0 heterocycles. The van der Waals surface area contributed by atoms with Crippen molar-refractivity contribution in [3.8, 4) is 22.9 Å². The van der Waals surface area contributed by atoms with Gasteiger partial charge in [-0.05, 0) is 61.2 Å². The summed E-state index contributed by atoms with van der Waals surface area (Å²) in [5, 5.41) is 24.1. The number of ether oxygens (including phenoxy) is 1. The summed E-state index contributed by atoms with van der Waals surface area (Å²) in [4.78, 5) is 81.9. The van der Waals surface area contributed by atoms with Gasteiger partial charge in [0.1, 0.15) is 11.7 Å². The third-order valence-electron chi connectivity index (χ3n) is 9.72. The molecule has 0 saturated heterocycles. The number of nitrogens with zero attached hydrogens (tertiary/aromatic N) is 2. The fraction of sp³-hybridized carbons (Fsp3) is 0.441. The van der Waals surface area contributed by atoms with Gasteiger partial charge in [-0.1, -0.05) is 44.2 Å². The summed E-state index contributed by atoms with van der Waals surface area (Å²) in [7, 11) is 2.89. The zero-order valence-electron chi connectivity index (χ0n) is 27.0. The second-order valence-corrected chi connectivity index (χ2v) is 13.6. The number of nitriles is 1. The van der Waals surface area contributed by atoms with Crippen LogP contribution in [0.15, 0.2) is 36.4 Å². The van der Waals surface area contributed by atoms with E-state index in [4.69, 9.17) is 21.9 Å². The Hall–Kier alpha value is -4.97. The number of aromatic hydroxyl groups is 1. The summed E-state index contributed by atoms with van der Waals surface area (Å²) in [5.41, 5.74) is 14.4. The van der Waals surface area contributed by atoms with E-state index in [0.29, 0.717) is 16.7 Å². The smallest absolute Gasteiger partial charge is 0.407 e. The molecule has 2 amide bonds. The number of phenols is 1. The van der Waals surface area contributed by atoms with Gasteiger partial charge in [0.25, 0.3) is 0 Å². The van der Waals surface area contributed by atoms with Crippen LogP contribution in [0, 0.1) is 34.5 Å². The maximum absolute atomic E-state index is 14.5. The van der Waals surface area contributed by atoms with Crippen molar-refractivity contribution < 1.29 is 38.6 Å². The summed E-state index contributed by atoms with van der Waals surface area (Å²) >= 11 is 0. The second-order valence-electron chi connectivity index (χ2n) is 13.6. The van der Waals surface area contributed by atoms with Crippen LogP contribution < -0.4 is 22.5 Å². The fourth-order valence-corrected chi connectivity index (χ4v) is 7.75. The number of carbonyl (C=O) groups excluding carboxylic acids is 6. The van der Waals surface area contributed by atoms with Gasteiger partial charge in [-0.2, -0.15) is 5.26 Å². The van der Waals surface area contributed by atoms with E-state index in [9.17, 15) is 39.1 Å². The van der Waals surface area contributed by atoms with Crippen molar-refractivity contribution in [1.82, 2.24) is 10.2 Å². The maximum atomic E-state index is 14.5. The number of nitrogens with two attached hydrogens (primary N) is 3. The molecule has 6 atom stereocenters. The SMILES string of the molecule is CC(C)COC(=O)NCc1ccc(-c2ccc(O)c3c2C[C@@]2(N)C[C@@]4(N)[C@H](N(C)C)C(=O)C(C(N)=O)C(=O)[C@@]4(C#N)C(=O)C2C3=O)cc1. The molecule has 2 unspecified atom stereocenters. The van der Waals surface area contributed by atoms with Crippen molar-refractivity contribution in [1.29, 1.82) is 5.26 Å². The molecule has 2 fully saturated rings. The number of hydrogen-bond acceptors (Lipinski definition) is 12. The highest BCUT2D eigenvalue weighted by molar-refractivity contribution is 6.33. The van der Waals surface area contributed by atoms with Gasteiger partial charge in [0.2, 0.25) is 5.91 Å². The number of benzene rings is 2. The minimum Gasteiger partial charge on any atom is -0.507 e. The predicted molar refractivity (Wildman–Crippen MR) is 170 cm³/mol. The van der Waals surface area contributed by atoms with Crippen LogP contribution >= 0.6 is 0 Å². The first-order chi connectivity index (χ1) is 22.4. The summed E-state index contributed by atoms with van der Waals surface area (Å²) in [6.07, 6.45) is -1.25. The quantitative estimate of drug-likeness (QED) is 0.253. The number of hydrogen-bond donors (Lipinski definition) is 5. The molecule has 252 valence electrons. The van der Waals surface area contributed by atoms with Gasteiger partial charge in [-0.3, -0.25) is 28.9 Å². The lowest BCUT2D eigenvalue weighted by atomic mass is 9.42. The number of carbonyl (C=O) groups is 6. The number of rotatable bonds is 7. The second kappa shape index (κ2) is 11.9. The zero-order chi connectivity index (χ0) is 35.5. The van der Waals surface area contributed by atoms with Crippen molar-refractivity contribution in [2.24, 2.45) is 40.4 Å². The molecule has 5 rings (SSSR count). The lowest BCUT2D eigenvalue weighted by Gasteiger charge is -2.60. The Morgan fingerprint density at radius 2 is 1.73 bits per heavy atom. The van der Waals surface area contributed by atoms with E-state index in [1.54, 1.807) is 36.4 Å². The van der Waals surface area contributed by atoms with E-state index in [1.165, 1.54) is 25.1 Å². The number of nitrogens with one attached hydrogen (secondary N) is 1. The minimum atomic E-state index is -2.81. The first kappa shape index (κ1) is 34.4.